The Morgan fingerprint density at radius 2 is 2.12 bits per heavy atom. The van der Waals surface area contributed by atoms with Crippen LogP contribution in [0, 0.1) is 0 Å². The van der Waals surface area contributed by atoms with E-state index in [0.717, 1.165) is 5.39 Å². The van der Waals surface area contributed by atoms with Gasteiger partial charge in [0, 0.05) is 31.7 Å². The number of methoxy groups -OCH3 is 1. The van der Waals surface area contributed by atoms with Crippen molar-refractivity contribution in [2.24, 2.45) is 0 Å². The number of aromatic hydroxyl groups is 1. The molecule has 0 spiro atoms. The van der Waals surface area contributed by atoms with Crippen LogP contribution in [0.2, 0.25) is 0 Å². The van der Waals surface area contributed by atoms with E-state index in [9.17, 15) is 9.90 Å². The van der Waals surface area contributed by atoms with Crippen molar-refractivity contribution in [1.29, 1.82) is 0 Å². The van der Waals surface area contributed by atoms with E-state index in [1.54, 1.807) is 19.2 Å². The third-order valence-electron chi connectivity index (χ3n) is 2.73. The highest BCUT2D eigenvalue weighted by molar-refractivity contribution is 5.86. The molecule has 1 aromatic heterocycles. The first kappa shape index (κ1) is 11.7. The molecule has 0 bridgehead atoms. The molecule has 0 fully saturated rings. The van der Waals surface area contributed by atoms with Crippen molar-refractivity contribution in [3.05, 3.63) is 40.7 Å². The molecule has 0 atom stereocenters. The minimum atomic E-state index is -0.183. The standard InChI is InChI=1S/C13H15NO3/c1-17-8-4-7-14-12(15)9-10-5-2-3-6-11(10)13(14)16/h2-3,5-6,9,16H,4,7-8H2,1H3. The smallest absolute Gasteiger partial charge is 0.253 e. The first-order valence-electron chi connectivity index (χ1n) is 5.54. The topological polar surface area (TPSA) is 51.5 Å². The number of pyridine rings is 1. The Kier molecular flexibility index (Phi) is 3.44. The second-order valence-corrected chi connectivity index (χ2v) is 3.89. The van der Waals surface area contributed by atoms with Crippen LogP contribution in [0.25, 0.3) is 10.8 Å². The molecule has 0 aliphatic rings. The van der Waals surface area contributed by atoms with Gasteiger partial charge in [0.25, 0.3) is 5.56 Å². The molecule has 0 aliphatic carbocycles. The minimum Gasteiger partial charge on any atom is -0.494 e. The van der Waals surface area contributed by atoms with Crippen LogP contribution in [0.1, 0.15) is 6.42 Å². The van der Waals surface area contributed by atoms with Crippen LogP contribution in [-0.4, -0.2) is 23.4 Å². The number of aromatic nitrogens is 1. The summed E-state index contributed by atoms with van der Waals surface area (Å²) in [4.78, 5) is 11.8. The molecule has 4 heteroatoms. The molecule has 0 aliphatic heterocycles. The third-order valence-corrected chi connectivity index (χ3v) is 2.73. The molecule has 4 nitrogen and oxygen atoms in total. The lowest BCUT2D eigenvalue weighted by molar-refractivity contribution is 0.188. The van der Waals surface area contributed by atoms with Gasteiger partial charge in [-0.2, -0.15) is 0 Å². The van der Waals surface area contributed by atoms with E-state index >= 15 is 0 Å². The van der Waals surface area contributed by atoms with Crippen molar-refractivity contribution >= 4 is 10.8 Å². The zero-order valence-corrected chi connectivity index (χ0v) is 9.72. The minimum absolute atomic E-state index is 0.0317. The molecule has 0 amide bonds. The lowest BCUT2D eigenvalue weighted by atomic mass is 10.1. The van der Waals surface area contributed by atoms with Gasteiger partial charge in [-0.15, -0.1) is 0 Å². The van der Waals surface area contributed by atoms with Gasteiger partial charge in [-0.3, -0.25) is 9.36 Å². The van der Waals surface area contributed by atoms with Crippen molar-refractivity contribution < 1.29 is 9.84 Å². The Balaban J connectivity index is 2.45. The molecule has 17 heavy (non-hydrogen) atoms. The Bertz CT molecular complexity index is 574. The van der Waals surface area contributed by atoms with Gasteiger partial charge in [0.1, 0.15) is 0 Å². The summed E-state index contributed by atoms with van der Waals surface area (Å²) in [5, 5.41) is 11.5. The largest absolute Gasteiger partial charge is 0.494 e. The fourth-order valence-electron chi connectivity index (χ4n) is 1.87. The van der Waals surface area contributed by atoms with Crippen LogP contribution in [0.3, 0.4) is 0 Å². The molecular formula is C13H15NO3. The Hall–Kier alpha value is -1.81. The molecule has 1 N–H and O–H groups in total. The summed E-state index contributed by atoms with van der Waals surface area (Å²) in [6.07, 6.45) is 0.697. The summed E-state index contributed by atoms with van der Waals surface area (Å²) in [6, 6.07) is 8.84. The van der Waals surface area contributed by atoms with Gasteiger partial charge in [0.05, 0.1) is 0 Å². The van der Waals surface area contributed by atoms with Crippen LogP contribution in [0.5, 0.6) is 5.88 Å². The number of hydrogen-bond donors (Lipinski definition) is 1. The molecule has 90 valence electrons. The van der Waals surface area contributed by atoms with Crippen molar-refractivity contribution in [1.82, 2.24) is 4.57 Å². The fourth-order valence-corrected chi connectivity index (χ4v) is 1.87. The quantitative estimate of drug-likeness (QED) is 0.818. The van der Waals surface area contributed by atoms with Gasteiger partial charge in [0.15, 0.2) is 0 Å². The summed E-state index contributed by atoms with van der Waals surface area (Å²) < 4.78 is 6.31. The summed E-state index contributed by atoms with van der Waals surface area (Å²) in [5.41, 5.74) is -0.183. The van der Waals surface area contributed by atoms with Crippen LogP contribution < -0.4 is 5.56 Å². The normalized spacial score (nSPS) is 10.9. The van der Waals surface area contributed by atoms with E-state index in [2.05, 4.69) is 0 Å². The average molecular weight is 233 g/mol. The molecule has 2 rings (SSSR count). The van der Waals surface area contributed by atoms with E-state index in [1.165, 1.54) is 4.57 Å². The number of rotatable bonds is 4. The maximum absolute atomic E-state index is 11.8. The third kappa shape index (κ3) is 2.31. The summed E-state index contributed by atoms with van der Waals surface area (Å²) in [7, 11) is 1.61. The predicted molar refractivity (Wildman–Crippen MR) is 66.4 cm³/mol. The molecule has 1 heterocycles. The molecule has 2 aromatic rings. The maximum Gasteiger partial charge on any atom is 0.253 e. The maximum atomic E-state index is 11.8. The van der Waals surface area contributed by atoms with Crippen molar-refractivity contribution in [3.63, 3.8) is 0 Å². The first-order valence-corrected chi connectivity index (χ1v) is 5.54. The number of nitrogens with zero attached hydrogens (tertiary/aromatic N) is 1. The van der Waals surface area contributed by atoms with Gasteiger partial charge in [0.2, 0.25) is 5.88 Å². The highest BCUT2D eigenvalue weighted by atomic mass is 16.5. The van der Waals surface area contributed by atoms with Crippen molar-refractivity contribution in [2.75, 3.05) is 13.7 Å². The summed E-state index contributed by atoms with van der Waals surface area (Å²) in [6.45, 7) is 1.03. The van der Waals surface area contributed by atoms with E-state index in [1.807, 2.05) is 18.2 Å². The highest BCUT2D eigenvalue weighted by Gasteiger charge is 2.07. The Morgan fingerprint density at radius 3 is 2.88 bits per heavy atom. The van der Waals surface area contributed by atoms with Crippen LogP contribution >= 0.6 is 0 Å². The lowest BCUT2D eigenvalue weighted by Crippen LogP contribution is -2.19. The molecule has 0 radical (unpaired) electrons. The lowest BCUT2D eigenvalue weighted by Gasteiger charge is -2.10. The second kappa shape index (κ2) is 5.01. The Labute approximate surface area is 99.1 Å². The fraction of sp³-hybridized carbons (Fsp3) is 0.308. The number of hydrogen-bond acceptors (Lipinski definition) is 3. The summed E-state index contributed by atoms with van der Waals surface area (Å²) in [5.74, 6) is 0.0317. The first-order chi connectivity index (χ1) is 8.24. The summed E-state index contributed by atoms with van der Waals surface area (Å²) >= 11 is 0. The molecule has 0 saturated heterocycles. The van der Waals surface area contributed by atoms with Gasteiger partial charge in [-0.05, 0) is 17.9 Å². The van der Waals surface area contributed by atoms with Crippen LogP contribution in [0.15, 0.2) is 35.1 Å². The van der Waals surface area contributed by atoms with Gasteiger partial charge >= 0.3 is 0 Å². The SMILES string of the molecule is COCCCn1c(O)c2ccccc2cc1=O. The van der Waals surface area contributed by atoms with E-state index in [-0.39, 0.29) is 11.4 Å². The highest BCUT2D eigenvalue weighted by Crippen LogP contribution is 2.22. The molecule has 1 aromatic carbocycles. The molecule has 0 saturated carbocycles. The monoisotopic (exact) mass is 233 g/mol. The number of ether oxygens (including phenoxy) is 1. The van der Waals surface area contributed by atoms with Crippen LogP contribution in [0.4, 0.5) is 0 Å². The van der Waals surface area contributed by atoms with Crippen LogP contribution in [-0.2, 0) is 11.3 Å². The predicted octanol–water partition coefficient (Wildman–Crippen LogP) is 1.74. The van der Waals surface area contributed by atoms with Gasteiger partial charge in [-0.25, -0.2) is 0 Å². The molecular weight excluding hydrogens is 218 g/mol. The van der Waals surface area contributed by atoms with E-state index < -0.39 is 0 Å². The van der Waals surface area contributed by atoms with Gasteiger partial charge < -0.3 is 9.84 Å². The molecule has 0 unspecified atom stereocenters. The van der Waals surface area contributed by atoms with E-state index in [0.29, 0.717) is 25.0 Å². The average Bonchev–Trinajstić information content (AvgIpc) is 2.33. The Morgan fingerprint density at radius 1 is 1.35 bits per heavy atom. The number of fused-ring (bicyclic) bond motifs is 1. The van der Waals surface area contributed by atoms with E-state index in [4.69, 9.17) is 4.74 Å². The zero-order valence-electron chi connectivity index (χ0n) is 9.72. The van der Waals surface area contributed by atoms with Gasteiger partial charge in [-0.1, -0.05) is 18.2 Å². The van der Waals surface area contributed by atoms with Crippen molar-refractivity contribution in [2.45, 2.75) is 13.0 Å². The second-order valence-electron chi connectivity index (χ2n) is 3.89. The van der Waals surface area contributed by atoms with Crippen molar-refractivity contribution in [3.8, 4) is 5.88 Å². The zero-order chi connectivity index (χ0) is 12.3. The number of benzene rings is 1.